The highest BCUT2D eigenvalue weighted by atomic mass is 16.7. The highest BCUT2D eigenvalue weighted by Crippen LogP contribution is 2.40. The van der Waals surface area contributed by atoms with Gasteiger partial charge >= 0.3 is 5.97 Å². The van der Waals surface area contributed by atoms with Gasteiger partial charge in [0.1, 0.15) is 30.0 Å². The molecule has 0 spiro atoms. The number of hydrogen-bond donors (Lipinski definition) is 6. The number of rotatable bonds is 14. The van der Waals surface area contributed by atoms with Crippen molar-refractivity contribution in [2.45, 2.75) is 204 Å². The summed E-state index contributed by atoms with van der Waals surface area (Å²) < 4.78 is 38.0. The van der Waals surface area contributed by atoms with E-state index in [4.69, 9.17) is 28.4 Å². The van der Waals surface area contributed by atoms with Gasteiger partial charge in [-0.1, -0.05) is 51.1 Å². The number of aliphatic hydroxyl groups excluding tert-OH is 3. The lowest BCUT2D eigenvalue weighted by molar-refractivity contribution is -0.318. The molecule has 6 N–H and O–H groups in total. The summed E-state index contributed by atoms with van der Waals surface area (Å²) in [5.41, 5.74) is -3.51. The molecule has 1 aromatic carbocycles. The van der Waals surface area contributed by atoms with Crippen molar-refractivity contribution in [1.29, 1.82) is 0 Å². The first-order chi connectivity index (χ1) is 30.4. The third-order valence-corrected chi connectivity index (χ3v) is 14.5. The molecule has 3 heterocycles. The van der Waals surface area contributed by atoms with Gasteiger partial charge in [-0.25, -0.2) is 0 Å². The Balaban J connectivity index is 1.72. The van der Waals surface area contributed by atoms with E-state index < -0.39 is 96.0 Å². The number of ether oxygens (including phenoxy) is 6. The summed E-state index contributed by atoms with van der Waals surface area (Å²) in [6.45, 7) is 18.8. The van der Waals surface area contributed by atoms with Gasteiger partial charge in [-0.05, 0) is 106 Å². The van der Waals surface area contributed by atoms with Crippen molar-refractivity contribution in [2.24, 2.45) is 17.8 Å². The summed E-state index contributed by atoms with van der Waals surface area (Å²) in [6.07, 6.45) is -7.38. The van der Waals surface area contributed by atoms with E-state index in [0.29, 0.717) is 45.3 Å². The first-order valence-corrected chi connectivity index (χ1v) is 23.9. The zero-order chi connectivity index (χ0) is 48.6. The van der Waals surface area contributed by atoms with Crippen LogP contribution in [0.1, 0.15) is 113 Å². The minimum absolute atomic E-state index is 0.0659. The molecule has 65 heavy (non-hydrogen) atoms. The summed E-state index contributed by atoms with van der Waals surface area (Å²) in [5, 5.41) is 62.8. The summed E-state index contributed by atoms with van der Waals surface area (Å²) >= 11 is 0. The van der Waals surface area contributed by atoms with Crippen LogP contribution in [-0.2, 0) is 44.4 Å². The largest absolute Gasteiger partial charge is 0.459 e. The standard InChI is InChI=1S/C49H85N3O13/c1-14-37-49(10,59)42(55)33(6)52(24-18-23-50-38(53)22-21-35-19-16-15-17-20-35)28-29(2)26-47(8,58)44(65-46-40(54)36(51(11)12)25-30(3)61-46)31(4)41(32(5)45(57)63-37)64-39-27-48(9,60-13)43(56)34(7)62-39/h15-17,19-20,29-34,36-37,39-44,46,54-56,58-59H,14,18,21-28H2,1-13H3,(H,50,53)/t29-,30+,31+,32-,33-,34+,36-,37?,39+,40+,41+,42-,43+,44-,46-,47-,48-,49-/m1/s1. The molecule has 0 bridgehead atoms. The van der Waals surface area contributed by atoms with Crippen LogP contribution in [-0.4, -0.2) is 178 Å². The maximum Gasteiger partial charge on any atom is 0.311 e. The number of hydrogen-bond acceptors (Lipinski definition) is 15. The highest BCUT2D eigenvalue weighted by Gasteiger charge is 2.53. The predicted molar refractivity (Wildman–Crippen MR) is 246 cm³/mol. The van der Waals surface area contributed by atoms with E-state index in [1.807, 2.05) is 81.9 Å². The molecule has 3 aliphatic heterocycles. The smallest absolute Gasteiger partial charge is 0.311 e. The number of cyclic esters (lactones) is 1. The second-order valence-electron chi connectivity index (χ2n) is 20.4. The zero-order valence-electron chi connectivity index (χ0n) is 41.5. The van der Waals surface area contributed by atoms with Gasteiger partial charge in [0.05, 0.1) is 41.5 Å². The fraction of sp³-hybridized carbons (Fsp3) is 0.837. The lowest BCUT2D eigenvalue weighted by Crippen LogP contribution is -2.60. The lowest BCUT2D eigenvalue weighted by Gasteiger charge is -2.48. The van der Waals surface area contributed by atoms with E-state index >= 15 is 0 Å². The monoisotopic (exact) mass is 924 g/mol. The molecule has 16 heteroatoms. The van der Waals surface area contributed by atoms with Crippen LogP contribution < -0.4 is 5.32 Å². The first kappa shape index (κ1) is 55.3. The van der Waals surface area contributed by atoms with Crippen molar-refractivity contribution < 1.29 is 63.5 Å². The van der Waals surface area contributed by atoms with Gasteiger partial charge in [-0.3, -0.25) is 14.5 Å². The Labute approximate surface area is 388 Å². The third-order valence-electron chi connectivity index (χ3n) is 14.5. The van der Waals surface area contributed by atoms with E-state index in [2.05, 4.69) is 5.32 Å². The van der Waals surface area contributed by atoms with Crippen molar-refractivity contribution in [2.75, 3.05) is 40.8 Å². The van der Waals surface area contributed by atoms with Crippen LogP contribution in [0, 0.1) is 17.8 Å². The minimum atomic E-state index is -1.90. The Kier molecular flexibility index (Phi) is 20.2. The van der Waals surface area contributed by atoms with Gasteiger partial charge in [0.15, 0.2) is 12.6 Å². The number of aliphatic hydroxyl groups is 5. The molecule has 3 fully saturated rings. The number of nitrogens with one attached hydrogen (secondary N) is 1. The van der Waals surface area contributed by atoms with E-state index in [0.717, 1.165) is 5.56 Å². The third kappa shape index (κ3) is 14.1. The number of amides is 1. The molecule has 0 aromatic heterocycles. The Hall–Kier alpha value is -2.32. The van der Waals surface area contributed by atoms with Crippen LogP contribution in [0.3, 0.4) is 0 Å². The van der Waals surface area contributed by atoms with Crippen molar-refractivity contribution in [3.05, 3.63) is 35.9 Å². The highest BCUT2D eigenvalue weighted by molar-refractivity contribution is 5.76. The molecule has 0 radical (unpaired) electrons. The topological polar surface area (TPSA) is 209 Å². The molecule has 3 saturated heterocycles. The summed E-state index contributed by atoms with van der Waals surface area (Å²) in [5.74, 6) is -2.89. The van der Waals surface area contributed by atoms with Crippen LogP contribution in [0.15, 0.2) is 30.3 Å². The van der Waals surface area contributed by atoms with Crippen LogP contribution in [0.4, 0.5) is 0 Å². The number of benzene rings is 1. The minimum Gasteiger partial charge on any atom is -0.459 e. The number of nitrogens with zero attached hydrogens (tertiary/aromatic N) is 2. The molecule has 3 aliphatic rings. The summed E-state index contributed by atoms with van der Waals surface area (Å²) in [7, 11) is 5.26. The molecule has 16 nitrogen and oxygen atoms in total. The molecular formula is C49H85N3O13. The first-order valence-electron chi connectivity index (χ1n) is 23.9. The van der Waals surface area contributed by atoms with Gasteiger partial charge < -0.3 is 64.2 Å². The Morgan fingerprint density at radius 1 is 0.954 bits per heavy atom. The van der Waals surface area contributed by atoms with Crippen LogP contribution >= 0.6 is 0 Å². The summed E-state index contributed by atoms with van der Waals surface area (Å²) in [6, 6.07) is 8.86. The predicted octanol–water partition coefficient (Wildman–Crippen LogP) is 3.41. The fourth-order valence-corrected chi connectivity index (χ4v) is 10.4. The van der Waals surface area contributed by atoms with Crippen LogP contribution in [0.2, 0.25) is 0 Å². The normalized spacial score (nSPS) is 41.9. The zero-order valence-corrected chi connectivity index (χ0v) is 41.5. The fourth-order valence-electron chi connectivity index (χ4n) is 10.4. The average Bonchev–Trinajstić information content (AvgIpc) is 3.25. The Morgan fingerprint density at radius 3 is 2.23 bits per heavy atom. The van der Waals surface area contributed by atoms with E-state index in [1.165, 1.54) is 14.0 Å². The van der Waals surface area contributed by atoms with Crippen molar-refractivity contribution in [3.63, 3.8) is 0 Å². The molecule has 1 unspecified atom stereocenters. The van der Waals surface area contributed by atoms with Crippen molar-refractivity contribution in [1.82, 2.24) is 15.1 Å². The molecule has 0 aliphatic carbocycles. The van der Waals surface area contributed by atoms with Gasteiger partial charge in [-0.2, -0.15) is 0 Å². The summed E-state index contributed by atoms with van der Waals surface area (Å²) in [4.78, 5) is 31.3. The molecule has 18 atom stereocenters. The van der Waals surface area contributed by atoms with E-state index in [-0.39, 0.29) is 43.2 Å². The van der Waals surface area contributed by atoms with Crippen molar-refractivity contribution >= 4 is 11.9 Å². The number of methoxy groups -OCH3 is 1. The second-order valence-corrected chi connectivity index (χ2v) is 20.4. The second kappa shape index (κ2) is 23.8. The molecule has 374 valence electrons. The molecular weight excluding hydrogens is 839 g/mol. The van der Waals surface area contributed by atoms with Gasteiger partial charge in [0, 0.05) is 57.6 Å². The molecule has 0 saturated carbocycles. The SMILES string of the molecule is CCC1OC(=O)[C@H](C)[C@@H](O[C@H]2C[C@@](C)(OC)[C@@H](O)[C@H](C)O2)[C@H](C)[C@@H](O[C@H]2O[C@@H](C)C[C@@H](N(C)C)[C@@H]2O)[C@](C)(O)C[C@@H](C)CN(CCCNC(=O)CCc2ccccc2)[C@H](C)[C@@H](O)[C@]1(C)O. The Bertz CT molecular complexity index is 1620. The lowest BCUT2D eigenvalue weighted by atomic mass is 9.77. The maximum absolute atomic E-state index is 14.5. The van der Waals surface area contributed by atoms with Gasteiger partial charge in [0.25, 0.3) is 0 Å². The van der Waals surface area contributed by atoms with Crippen LogP contribution in [0.5, 0.6) is 0 Å². The van der Waals surface area contributed by atoms with Crippen molar-refractivity contribution in [3.8, 4) is 0 Å². The van der Waals surface area contributed by atoms with E-state index in [1.54, 1.807) is 34.6 Å². The van der Waals surface area contributed by atoms with Crippen LogP contribution in [0.25, 0.3) is 0 Å². The number of esters is 1. The molecule has 1 amide bonds. The molecule has 4 rings (SSSR count). The molecule has 1 aromatic rings. The van der Waals surface area contributed by atoms with Gasteiger partial charge in [0.2, 0.25) is 5.91 Å². The number of likely N-dealkylation sites (N-methyl/N-ethyl adjacent to an activating group) is 1. The quantitative estimate of drug-likeness (QED) is 0.117. The van der Waals surface area contributed by atoms with Gasteiger partial charge in [-0.15, -0.1) is 0 Å². The number of carbonyl (C=O) groups is 2. The Morgan fingerprint density at radius 2 is 1.62 bits per heavy atom. The van der Waals surface area contributed by atoms with E-state index in [9.17, 15) is 35.1 Å². The maximum atomic E-state index is 14.5. The average molecular weight is 924 g/mol. The number of carbonyl (C=O) groups excluding carboxylic acids is 2. The number of aryl methyl sites for hydroxylation is 1.